The minimum Gasteiger partial charge on any atom is -0.310 e. The molecule has 8 heteroatoms. The number of halogens is 1. The van der Waals surface area contributed by atoms with Crippen LogP contribution in [0.5, 0.6) is 0 Å². The predicted octanol–water partition coefficient (Wildman–Crippen LogP) is 2.23. The summed E-state index contributed by atoms with van der Waals surface area (Å²) in [6.45, 7) is 2.47. The Hall–Kier alpha value is -2.58. The number of hydrogen-bond donors (Lipinski definition) is 1. The number of likely N-dealkylation sites (N-methyl/N-ethyl adjacent to an activating group) is 1. The molecule has 0 aliphatic rings. The third-order valence-corrected chi connectivity index (χ3v) is 4.17. The molecule has 134 valence electrons. The van der Waals surface area contributed by atoms with E-state index in [0.29, 0.717) is 23.7 Å². The topological polar surface area (TPSA) is 79.6 Å². The second-order valence-corrected chi connectivity index (χ2v) is 7.02. The summed E-state index contributed by atoms with van der Waals surface area (Å²) in [5, 5.41) is 2.73. The van der Waals surface area contributed by atoms with Crippen molar-refractivity contribution in [3.63, 3.8) is 0 Å². The van der Waals surface area contributed by atoms with E-state index in [-0.39, 0.29) is 18.0 Å². The van der Waals surface area contributed by atoms with E-state index in [1.807, 2.05) is 19.1 Å². The summed E-state index contributed by atoms with van der Waals surface area (Å²) < 4.78 is 2.36. The molecule has 0 bridgehead atoms. The summed E-state index contributed by atoms with van der Waals surface area (Å²) >= 11 is 3.30. The van der Waals surface area contributed by atoms with Gasteiger partial charge in [-0.3, -0.25) is 18.9 Å². The van der Waals surface area contributed by atoms with Crippen molar-refractivity contribution in [1.29, 1.82) is 0 Å². The summed E-state index contributed by atoms with van der Waals surface area (Å²) in [6, 6.07) is 8.74. The number of rotatable bonds is 5. The van der Waals surface area contributed by atoms with Gasteiger partial charge in [-0.15, -0.1) is 0 Å². The Kier molecular flexibility index (Phi) is 5.43. The van der Waals surface area contributed by atoms with Crippen LogP contribution in [0, 0.1) is 6.92 Å². The number of amides is 1. The molecule has 3 heterocycles. The molecular formula is C18H18BrN5O2. The van der Waals surface area contributed by atoms with Gasteiger partial charge in [0.15, 0.2) is 0 Å². The molecular weight excluding hydrogens is 398 g/mol. The Labute approximate surface area is 158 Å². The monoisotopic (exact) mass is 415 g/mol. The smallest absolute Gasteiger partial charge is 0.258 e. The van der Waals surface area contributed by atoms with Crippen LogP contribution in [0.3, 0.4) is 0 Å². The van der Waals surface area contributed by atoms with Crippen molar-refractivity contribution in [2.24, 2.45) is 0 Å². The minimum atomic E-state index is -0.185. The first-order chi connectivity index (χ1) is 12.4. The lowest BCUT2D eigenvalue weighted by Gasteiger charge is -2.16. The van der Waals surface area contributed by atoms with E-state index >= 15 is 0 Å². The third kappa shape index (κ3) is 4.53. The SMILES string of the molecule is Cc1ccc2nc(CN(C)CC(=O)Nc3ccc(Br)cn3)cc(=O)n2c1. The molecule has 0 fully saturated rings. The van der Waals surface area contributed by atoms with Gasteiger partial charge in [0.1, 0.15) is 11.5 Å². The van der Waals surface area contributed by atoms with Crippen LogP contribution in [-0.4, -0.2) is 38.8 Å². The van der Waals surface area contributed by atoms with Gasteiger partial charge in [0.2, 0.25) is 5.91 Å². The van der Waals surface area contributed by atoms with Crippen LogP contribution in [-0.2, 0) is 11.3 Å². The number of fused-ring (bicyclic) bond motifs is 1. The average molecular weight is 416 g/mol. The van der Waals surface area contributed by atoms with Crippen molar-refractivity contribution in [3.05, 3.63) is 68.8 Å². The standard InChI is InChI=1S/C18H18BrN5O2/c1-12-3-6-16-21-14(7-18(26)24(16)9-12)10-23(2)11-17(25)22-15-5-4-13(19)8-20-15/h3-9H,10-11H2,1-2H3,(H,20,22,25). The summed E-state index contributed by atoms with van der Waals surface area (Å²) in [7, 11) is 1.80. The number of pyridine rings is 2. The van der Waals surface area contributed by atoms with Crippen LogP contribution >= 0.6 is 15.9 Å². The first-order valence-corrected chi connectivity index (χ1v) is 8.79. The van der Waals surface area contributed by atoms with Crippen molar-refractivity contribution in [2.75, 3.05) is 18.9 Å². The highest BCUT2D eigenvalue weighted by atomic mass is 79.9. The van der Waals surface area contributed by atoms with Crippen molar-refractivity contribution in [1.82, 2.24) is 19.3 Å². The average Bonchev–Trinajstić information content (AvgIpc) is 2.57. The molecule has 0 saturated heterocycles. The molecule has 0 aromatic carbocycles. The molecule has 3 aromatic rings. The van der Waals surface area contributed by atoms with Gasteiger partial charge in [0.05, 0.1) is 12.2 Å². The quantitative estimate of drug-likeness (QED) is 0.690. The van der Waals surface area contributed by atoms with Crippen LogP contribution in [0.4, 0.5) is 5.82 Å². The molecule has 0 aliphatic carbocycles. The highest BCUT2D eigenvalue weighted by molar-refractivity contribution is 9.10. The molecule has 3 rings (SSSR count). The van der Waals surface area contributed by atoms with Crippen molar-refractivity contribution < 1.29 is 4.79 Å². The Morgan fingerprint density at radius 3 is 2.85 bits per heavy atom. The summed E-state index contributed by atoms with van der Waals surface area (Å²) in [6.07, 6.45) is 3.38. The van der Waals surface area contributed by atoms with Crippen LogP contribution in [0.2, 0.25) is 0 Å². The summed E-state index contributed by atoms with van der Waals surface area (Å²) in [4.78, 5) is 34.8. The predicted molar refractivity (Wildman–Crippen MR) is 103 cm³/mol. The summed E-state index contributed by atoms with van der Waals surface area (Å²) in [5.41, 5.74) is 2.07. The molecule has 26 heavy (non-hydrogen) atoms. The zero-order valence-corrected chi connectivity index (χ0v) is 16.0. The Bertz CT molecular complexity index is 1000. The third-order valence-electron chi connectivity index (χ3n) is 3.70. The number of nitrogens with zero attached hydrogens (tertiary/aromatic N) is 4. The molecule has 3 aromatic heterocycles. The number of aryl methyl sites for hydroxylation is 1. The van der Waals surface area contributed by atoms with E-state index in [9.17, 15) is 9.59 Å². The largest absolute Gasteiger partial charge is 0.310 e. The van der Waals surface area contributed by atoms with Crippen molar-refractivity contribution in [2.45, 2.75) is 13.5 Å². The number of carbonyl (C=O) groups excluding carboxylic acids is 1. The van der Waals surface area contributed by atoms with Crippen LogP contribution in [0.15, 0.2) is 52.0 Å². The Balaban J connectivity index is 1.65. The van der Waals surface area contributed by atoms with Crippen LogP contribution < -0.4 is 10.9 Å². The van der Waals surface area contributed by atoms with Gasteiger partial charge < -0.3 is 5.32 Å². The highest BCUT2D eigenvalue weighted by Crippen LogP contribution is 2.10. The number of anilines is 1. The van der Waals surface area contributed by atoms with E-state index < -0.39 is 0 Å². The zero-order chi connectivity index (χ0) is 18.7. The highest BCUT2D eigenvalue weighted by Gasteiger charge is 2.10. The lowest BCUT2D eigenvalue weighted by molar-refractivity contribution is -0.117. The second-order valence-electron chi connectivity index (χ2n) is 6.10. The zero-order valence-electron chi connectivity index (χ0n) is 14.4. The van der Waals surface area contributed by atoms with Gasteiger partial charge in [-0.25, -0.2) is 9.97 Å². The molecule has 7 nitrogen and oxygen atoms in total. The lowest BCUT2D eigenvalue weighted by atomic mass is 10.3. The van der Waals surface area contributed by atoms with E-state index in [4.69, 9.17) is 0 Å². The van der Waals surface area contributed by atoms with Gasteiger partial charge in [-0.2, -0.15) is 0 Å². The maximum atomic E-state index is 12.2. The van der Waals surface area contributed by atoms with E-state index in [1.165, 1.54) is 10.5 Å². The molecule has 1 N–H and O–H groups in total. The van der Waals surface area contributed by atoms with Gasteiger partial charge >= 0.3 is 0 Å². The first kappa shape index (κ1) is 18.2. The maximum absolute atomic E-state index is 12.2. The fraction of sp³-hybridized carbons (Fsp3) is 0.222. The maximum Gasteiger partial charge on any atom is 0.258 e. The molecule has 0 atom stereocenters. The molecule has 0 radical (unpaired) electrons. The Morgan fingerprint density at radius 2 is 2.12 bits per heavy atom. The molecule has 1 amide bonds. The number of carbonyl (C=O) groups is 1. The fourth-order valence-corrected chi connectivity index (χ4v) is 2.78. The molecule has 0 saturated carbocycles. The normalized spacial score (nSPS) is 11.1. The van der Waals surface area contributed by atoms with Gasteiger partial charge in [0, 0.05) is 29.5 Å². The summed E-state index contributed by atoms with van der Waals surface area (Å²) in [5.74, 6) is 0.305. The Morgan fingerprint density at radius 1 is 1.31 bits per heavy atom. The van der Waals surface area contributed by atoms with E-state index in [1.54, 1.807) is 36.5 Å². The number of hydrogen-bond acceptors (Lipinski definition) is 5. The molecule has 0 aliphatic heterocycles. The van der Waals surface area contributed by atoms with E-state index in [2.05, 4.69) is 31.2 Å². The van der Waals surface area contributed by atoms with Crippen molar-refractivity contribution in [3.8, 4) is 0 Å². The number of nitrogens with one attached hydrogen (secondary N) is 1. The van der Waals surface area contributed by atoms with Crippen molar-refractivity contribution >= 4 is 33.3 Å². The minimum absolute atomic E-state index is 0.134. The second kappa shape index (κ2) is 7.76. The first-order valence-electron chi connectivity index (χ1n) is 7.99. The molecule has 0 spiro atoms. The fourth-order valence-electron chi connectivity index (χ4n) is 2.55. The molecule has 0 unspecified atom stereocenters. The van der Waals surface area contributed by atoms with Crippen LogP contribution in [0.25, 0.3) is 5.65 Å². The van der Waals surface area contributed by atoms with Gasteiger partial charge in [-0.05, 0) is 53.7 Å². The number of aromatic nitrogens is 3. The van der Waals surface area contributed by atoms with Crippen LogP contribution in [0.1, 0.15) is 11.3 Å². The lowest BCUT2D eigenvalue weighted by Crippen LogP contribution is -2.31. The van der Waals surface area contributed by atoms with E-state index in [0.717, 1.165) is 10.0 Å². The van der Waals surface area contributed by atoms with Gasteiger partial charge in [0.25, 0.3) is 5.56 Å². The van der Waals surface area contributed by atoms with Gasteiger partial charge in [-0.1, -0.05) is 6.07 Å².